The van der Waals surface area contributed by atoms with Crippen molar-refractivity contribution in [2.75, 3.05) is 13.1 Å². The second-order valence-corrected chi connectivity index (χ2v) is 8.83. The van der Waals surface area contributed by atoms with Crippen molar-refractivity contribution in [3.05, 3.63) is 0 Å². The Morgan fingerprint density at radius 3 is 1.18 bits per heavy atom. The summed E-state index contributed by atoms with van der Waals surface area (Å²) in [5, 5.41) is 24.9. The van der Waals surface area contributed by atoms with Crippen LogP contribution in [0.1, 0.15) is 41.5 Å². The Balaban J connectivity index is 4.58. The molecule has 17 heteroatoms. The number of hydrogen-bond acceptors (Lipinski definition) is 9. The summed E-state index contributed by atoms with van der Waals surface area (Å²) in [7, 11) is 0. The van der Waals surface area contributed by atoms with E-state index in [9.17, 15) is 38.4 Å². The molecular formula is C22H38N8O9. The quantitative estimate of drug-likeness (QED) is 0.0925. The first-order chi connectivity index (χ1) is 18.0. The van der Waals surface area contributed by atoms with Crippen molar-refractivity contribution in [1.82, 2.24) is 37.2 Å². The first kappa shape index (κ1) is 34.7. The van der Waals surface area contributed by atoms with Gasteiger partial charge < -0.3 is 48.1 Å². The highest BCUT2D eigenvalue weighted by molar-refractivity contribution is 5.96. The molecule has 0 aromatic rings. The lowest BCUT2D eigenvalue weighted by Crippen LogP contribution is -2.56. The molecule has 0 aliphatic carbocycles. The third-order valence-electron chi connectivity index (χ3n) is 5.03. The molecule has 0 aromatic heterocycles. The van der Waals surface area contributed by atoms with E-state index in [2.05, 4.69) is 37.2 Å². The van der Waals surface area contributed by atoms with Gasteiger partial charge in [-0.1, -0.05) is 0 Å². The molecule has 6 unspecified atom stereocenters. The highest BCUT2D eigenvalue weighted by atomic mass is 16.4. The molecule has 0 bridgehead atoms. The largest absolute Gasteiger partial charge is 0.480 e. The average molecular weight is 559 g/mol. The molecule has 220 valence electrons. The number of carboxylic acids is 1. The minimum absolute atomic E-state index is 0.395. The third-order valence-corrected chi connectivity index (χ3v) is 5.03. The van der Waals surface area contributed by atoms with Crippen molar-refractivity contribution in [3.63, 3.8) is 0 Å². The maximum atomic E-state index is 12.4. The van der Waals surface area contributed by atoms with E-state index in [0.29, 0.717) is 0 Å². The van der Waals surface area contributed by atoms with Crippen LogP contribution in [0.15, 0.2) is 0 Å². The van der Waals surface area contributed by atoms with Gasteiger partial charge in [0.15, 0.2) is 0 Å². The molecule has 7 amide bonds. The standard InChI is InChI=1S/C22H38N8O9/c1-9(23)17(33)24-7-15(31)26-11(3)19(35)29-13(5)21(37)30-12(4)20(36)28-10(2)18(34)25-8-16(32)27-14(6)22(38)39/h9-14H,7-8,23H2,1-6H3,(H,24,33)(H,25,34)(H,26,31)(H,27,32)(H,28,36)(H,29,35)(H,30,37)(H,38,39). The van der Waals surface area contributed by atoms with E-state index in [1.807, 2.05) is 0 Å². The Morgan fingerprint density at radius 2 is 0.821 bits per heavy atom. The molecule has 17 nitrogen and oxygen atoms in total. The molecule has 0 aliphatic heterocycles. The van der Waals surface area contributed by atoms with E-state index in [4.69, 9.17) is 10.8 Å². The second kappa shape index (κ2) is 16.5. The SMILES string of the molecule is CC(N)C(=O)NCC(=O)NC(C)C(=O)NC(C)C(=O)NC(C)C(=O)NC(C)C(=O)NCC(=O)NC(C)C(=O)O. The van der Waals surface area contributed by atoms with Crippen molar-refractivity contribution >= 4 is 47.3 Å². The van der Waals surface area contributed by atoms with Gasteiger partial charge in [-0.3, -0.25) is 38.4 Å². The Morgan fingerprint density at radius 1 is 0.513 bits per heavy atom. The Labute approximate surface area is 225 Å². The van der Waals surface area contributed by atoms with E-state index in [0.717, 1.165) is 0 Å². The summed E-state index contributed by atoms with van der Waals surface area (Å²) in [6.07, 6.45) is 0. The van der Waals surface area contributed by atoms with Crippen LogP contribution in [-0.2, 0) is 38.4 Å². The lowest BCUT2D eigenvalue weighted by atomic mass is 10.2. The number of rotatable bonds is 15. The fourth-order valence-electron chi connectivity index (χ4n) is 2.57. The maximum absolute atomic E-state index is 12.4. The molecule has 0 saturated heterocycles. The normalized spacial score (nSPS) is 15.1. The van der Waals surface area contributed by atoms with Gasteiger partial charge in [0.05, 0.1) is 19.1 Å². The number of carbonyl (C=O) groups is 8. The molecule has 0 rings (SSSR count). The molecular weight excluding hydrogens is 520 g/mol. The lowest BCUT2D eigenvalue weighted by molar-refractivity contribution is -0.141. The molecule has 0 aromatic carbocycles. The van der Waals surface area contributed by atoms with Gasteiger partial charge in [-0.15, -0.1) is 0 Å². The number of nitrogens with one attached hydrogen (secondary N) is 7. The van der Waals surface area contributed by atoms with E-state index in [1.165, 1.54) is 41.5 Å². The first-order valence-corrected chi connectivity index (χ1v) is 12.0. The second-order valence-electron chi connectivity index (χ2n) is 8.83. The van der Waals surface area contributed by atoms with E-state index in [-0.39, 0.29) is 0 Å². The molecule has 0 heterocycles. The van der Waals surface area contributed by atoms with Crippen LogP contribution in [0.5, 0.6) is 0 Å². The number of hydrogen-bond donors (Lipinski definition) is 9. The molecule has 6 atom stereocenters. The maximum Gasteiger partial charge on any atom is 0.325 e. The third kappa shape index (κ3) is 13.7. The van der Waals surface area contributed by atoms with Crippen LogP contribution < -0.4 is 43.0 Å². The van der Waals surface area contributed by atoms with Crippen LogP contribution in [0.4, 0.5) is 0 Å². The highest BCUT2D eigenvalue weighted by Crippen LogP contribution is 1.92. The van der Waals surface area contributed by atoms with Crippen LogP contribution in [0.2, 0.25) is 0 Å². The van der Waals surface area contributed by atoms with Gasteiger partial charge in [0.2, 0.25) is 41.4 Å². The fourth-order valence-corrected chi connectivity index (χ4v) is 2.57. The summed E-state index contributed by atoms with van der Waals surface area (Å²) in [5.41, 5.74) is 5.37. The molecule has 0 radical (unpaired) electrons. The van der Waals surface area contributed by atoms with Crippen molar-refractivity contribution in [2.45, 2.75) is 77.8 Å². The van der Waals surface area contributed by atoms with E-state index in [1.54, 1.807) is 0 Å². The minimum atomic E-state index is -1.25. The van der Waals surface area contributed by atoms with Crippen LogP contribution in [-0.4, -0.2) is 102 Å². The first-order valence-electron chi connectivity index (χ1n) is 12.0. The summed E-state index contributed by atoms with van der Waals surface area (Å²) >= 11 is 0. The van der Waals surface area contributed by atoms with Crippen molar-refractivity contribution in [1.29, 1.82) is 0 Å². The van der Waals surface area contributed by atoms with Gasteiger partial charge in [0.1, 0.15) is 30.2 Å². The zero-order valence-corrected chi connectivity index (χ0v) is 22.7. The number of carboxylic acid groups (broad SMARTS) is 1. The smallest absolute Gasteiger partial charge is 0.325 e. The predicted octanol–water partition coefficient (Wildman–Crippen LogP) is -4.83. The molecule has 39 heavy (non-hydrogen) atoms. The zero-order valence-electron chi connectivity index (χ0n) is 22.7. The monoisotopic (exact) mass is 558 g/mol. The van der Waals surface area contributed by atoms with Gasteiger partial charge in [-0.25, -0.2) is 0 Å². The number of aliphatic carboxylic acids is 1. The van der Waals surface area contributed by atoms with Gasteiger partial charge in [0.25, 0.3) is 0 Å². The van der Waals surface area contributed by atoms with Crippen molar-refractivity contribution in [3.8, 4) is 0 Å². The molecule has 10 N–H and O–H groups in total. The van der Waals surface area contributed by atoms with E-state index < -0.39 is 96.7 Å². The van der Waals surface area contributed by atoms with Gasteiger partial charge >= 0.3 is 5.97 Å². The average Bonchev–Trinajstić information content (AvgIpc) is 2.84. The molecule has 0 fully saturated rings. The summed E-state index contributed by atoms with van der Waals surface area (Å²) in [4.78, 5) is 94.8. The van der Waals surface area contributed by atoms with Crippen molar-refractivity contribution < 1.29 is 43.5 Å². The number of nitrogens with two attached hydrogens (primary N) is 1. The van der Waals surface area contributed by atoms with Gasteiger partial charge in [-0.05, 0) is 41.5 Å². The number of amides is 7. The highest BCUT2D eigenvalue weighted by Gasteiger charge is 2.25. The summed E-state index contributed by atoms with van der Waals surface area (Å²) in [5.74, 6) is -6.07. The lowest BCUT2D eigenvalue weighted by Gasteiger charge is -2.21. The Hall–Kier alpha value is -4.28. The Bertz CT molecular complexity index is 956. The van der Waals surface area contributed by atoms with E-state index >= 15 is 0 Å². The topological polar surface area (TPSA) is 267 Å². The van der Waals surface area contributed by atoms with Crippen molar-refractivity contribution in [2.24, 2.45) is 5.73 Å². The fraction of sp³-hybridized carbons (Fsp3) is 0.636. The molecule has 0 saturated carbocycles. The zero-order chi connectivity index (χ0) is 30.4. The molecule has 0 aliphatic rings. The van der Waals surface area contributed by atoms with Crippen LogP contribution in [0.25, 0.3) is 0 Å². The minimum Gasteiger partial charge on any atom is -0.480 e. The summed E-state index contributed by atoms with van der Waals surface area (Å²) in [6, 6.07) is -6.31. The van der Waals surface area contributed by atoms with Gasteiger partial charge in [0, 0.05) is 0 Å². The summed E-state index contributed by atoms with van der Waals surface area (Å²) < 4.78 is 0. The van der Waals surface area contributed by atoms with Crippen LogP contribution >= 0.6 is 0 Å². The number of carbonyl (C=O) groups excluding carboxylic acids is 7. The molecule has 0 spiro atoms. The van der Waals surface area contributed by atoms with Gasteiger partial charge in [-0.2, -0.15) is 0 Å². The predicted molar refractivity (Wildman–Crippen MR) is 135 cm³/mol. The Kier molecular flexibility index (Phi) is 14.7. The summed E-state index contributed by atoms with van der Waals surface area (Å²) in [6.45, 7) is 7.17. The van der Waals surface area contributed by atoms with Crippen LogP contribution in [0, 0.1) is 0 Å². The van der Waals surface area contributed by atoms with Crippen LogP contribution in [0.3, 0.4) is 0 Å².